The molecule has 0 radical (unpaired) electrons. The van der Waals surface area contributed by atoms with Crippen LogP contribution >= 0.6 is 11.8 Å². The quantitative estimate of drug-likeness (QED) is 0.705. The van der Waals surface area contributed by atoms with Gasteiger partial charge in [-0.05, 0) is 36.8 Å². The molecule has 1 aliphatic rings. The third-order valence-electron chi connectivity index (χ3n) is 2.45. The molecule has 1 nitrogen and oxygen atoms in total. The van der Waals surface area contributed by atoms with Crippen LogP contribution in [0.4, 0.5) is 0 Å². The van der Waals surface area contributed by atoms with Crippen LogP contribution in [0.1, 0.15) is 18.4 Å². The first-order valence-electron chi connectivity index (χ1n) is 4.18. The summed E-state index contributed by atoms with van der Waals surface area (Å²) < 4.78 is 0. The SMILES string of the molecule is CSc1ccc(C2(N)CC2)cc1. The van der Waals surface area contributed by atoms with Gasteiger partial charge in [0.05, 0.1) is 0 Å². The molecule has 0 aromatic heterocycles. The molecule has 0 amide bonds. The maximum atomic E-state index is 6.05. The summed E-state index contributed by atoms with van der Waals surface area (Å²) in [5.74, 6) is 0. The Labute approximate surface area is 77.3 Å². The van der Waals surface area contributed by atoms with Crippen molar-refractivity contribution in [3.05, 3.63) is 29.8 Å². The summed E-state index contributed by atoms with van der Waals surface area (Å²) in [6, 6.07) is 8.59. The van der Waals surface area contributed by atoms with Crippen LogP contribution in [0.15, 0.2) is 29.2 Å². The molecule has 1 fully saturated rings. The molecule has 0 spiro atoms. The minimum absolute atomic E-state index is 0.0247. The summed E-state index contributed by atoms with van der Waals surface area (Å²) in [6.45, 7) is 0. The molecule has 1 aliphatic carbocycles. The normalized spacial score (nSPS) is 19.2. The highest BCUT2D eigenvalue weighted by atomic mass is 32.2. The van der Waals surface area contributed by atoms with Gasteiger partial charge in [-0.15, -0.1) is 11.8 Å². The van der Waals surface area contributed by atoms with E-state index in [1.165, 1.54) is 10.5 Å². The molecule has 0 saturated heterocycles. The van der Waals surface area contributed by atoms with E-state index in [4.69, 9.17) is 5.73 Å². The maximum Gasteiger partial charge on any atom is 0.0411 e. The van der Waals surface area contributed by atoms with Crippen LogP contribution in [0.3, 0.4) is 0 Å². The van der Waals surface area contributed by atoms with Gasteiger partial charge in [-0.1, -0.05) is 12.1 Å². The predicted molar refractivity (Wildman–Crippen MR) is 53.3 cm³/mol. The fraction of sp³-hybridized carbons (Fsp3) is 0.400. The highest BCUT2D eigenvalue weighted by Gasteiger charge is 2.39. The number of thioether (sulfide) groups is 1. The predicted octanol–water partition coefficient (Wildman–Crippen LogP) is 2.36. The highest BCUT2D eigenvalue weighted by molar-refractivity contribution is 7.98. The third kappa shape index (κ3) is 1.37. The molecule has 2 heteroatoms. The van der Waals surface area contributed by atoms with Crippen molar-refractivity contribution in [3.63, 3.8) is 0 Å². The smallest absolute Gasteiger partial charge is 0.0411 e. The van der Waals surface area contributed by atoms with Gasteiger partial charge in [0.1, 0.15) is 0 Å². The van der Waals surface area contributed by atoms with Gasteiger partial charge in [-0.25, -0.2) is 0 Å². The van der Waals surface area contributed by atoms with Crippen molar-refractivity contribution in [2.24, 2.45) is 5.73 Å². The topological polar surface area (TPSA) is 26.0 Å². The van der Waals surface area contributed by atoms with Crippen LogP contribution in [0, 0.1) is 0 Å². The molecule has 1 aromatic carbocycles. The molecule has 0 bridgehead atoms. The summed E-state index contributed by atoms with van der Waals surface area (Å²) in [5, 5.41) is 0. The van der Waals surface area contributed by atoms with Crippen molar-refractivity contribution in [1.82, 2.24) is 0 Å². The second-order valence-electron chi connectivity index (χ2n) is 3.38. The van der Waals surface area contributed by atoms with Crippen LogP contribution in [0.2, 0.25) is 0 Å². The van der Waals surface area contributed by atoms with Crippen molar-refractivity contribution < 1.29 is 0 Å². The molecule has 2 N–H and O–H groups in total. The van der Waals surface area contributed by atoms with Gasteiger partial charge in [0, 0.05) is 10.4 Å². The van der Waals surface area contributed by atoms with Gasteiger partial charge in [0.15, 0.2) is 0 Å². The molecule has 64 valence electrons. The van der Waals surface area contributed by atoms with Crippen molar-refractivity contribution >= 4 is 11.8 Å². The summed E-state index contributed by atoms with van der Waals surface area (Å²) in [5.41, 5.74) is 7.37. The van der Waals surface area contributed by atoms with Crippen LogP contribution < -0.4 is 5.73 Å². The third-order valence-corrected chi connectivity index (χ3v) is 3.20. The molecule has 0 unspecified atom stereocenters. The van der Waals surface area contributed by atoms with Gasteiger partial charge >= 0.3 is 0 Å². The average molecular weight is 179 g/mol. The Hall–Kier alpha value is -0.470. The van der Waals surface area contributed by atoms with E-state index in [0.29, 0.717) is 0 Å². The molecule has 2 rings (SSSR count). The fourth-order valence-corrected chi connectivity index (χ4v) is 1.75. The summed E-state index contributed by atoms with van der Waals surface area (Å²) >= 11 is 1.77. The van der Waals surface area contributed by atoms with Gasteiger partial charge in [-0.3, -0.25) is 0 Å². The van der Waals surface area contributed by atoms with Crippen molar-refractivity contribution in [1.29, 1.82) is 0 Å². The molecular formula is C10H13NS. The Balaban J connectivity index is 2.25. The molecule has 12 heavy (non-hydrogen) atoms. The van der Waals surface area contributed by atoms with Gasteiger partial charge in [0.25, 0.3) is 0 Å². The molecule has 1 aromatic rings. The minimum atomic E-state index is 0.0247. The second kappa shape index (κ2) is 2.79. The Kier molecular flexibility index (Phi) is 1.89. The van der Waals surface area contributed by atoms with Gasteiger partial charge < -0.3 is 5.73 Å². The van der Waals surface area contributed by atoms with Crippen molar-refractivity contribution in [2.45, 2.75) is 23.3 Å². The van der Waals surface area contributed by atoms with Crippen molar-refractivity contribution in [2.75, 3.05) is 6.26 Å². The van der Waals surface area contributed by atoms with Crippen molar-refractivity contribution in [3.8, 4) is 0 Å². The summed E-state index contributed by atoms with van der Waals surface area (Å²) in [6.07, 6.45) is 4.38. The lowest BCUT2D eigenvalue weighted by Crippen LogP contribution is -2.18. The van der Waals surface area contributed by atoms with E-state index in [1.54, 1.807) is 11.8 Å². The minimum Gasteiger partial charge on any atom is -0.321 e. The Bertz CT molecular complexity index is 274. The lowest BCUT2D eigenvalue weighted by molar-refractivity contribution is 0.739. The Morgan fingerprint density at radius 2 is 1.83 bits per heavy atom. The van der Waals surface area contributed by atoms with Gasteiger partial charge in [0.2, 0.25) is 0 Å². The van der Waals surface area contributed by atoms with E-state index in [0.717, 1.165) is 12.8 Å². The zero-order valence-corrected chi connectivity index (χ0v) is 8.03. The molecule has 0 heterocycles. The summed E-state index contributed by atoms with van der Waals surface area (Å²) in [7, 11) is 0. The zero-order chi connectivity index (χ0) is 8.60. The van der Waals surface area contributed by atoms with Crippen LogP contribution in [-0.2, 0) is 5.54 Å². The standard InChI is InChI=1S/C10H13NS/c1-12-9-4-2-8(3-5-9)10(11)6-7-10/h2-5H,6-7,11H2,1H3. The molecule has 1 saturated carbocycles. The van der Waals surface area contributed by atoms with Crippen LogP contribution in [0.25, 0.3) is 0 Å². The zero-order valence-electron chi connectivity index (χ0n) is 7.21. The Morgan fingerprint density at radius 3 is 2.25 bits per heavy atom. The van der Waals surface area contributed by atoms with E-state index in [9.17, 15) is 0 Å². The van der Waals surface area contributed by atoms with E-state index >= 15 is 0 Å². The van der Waals surface area contributed by atoms with Gasteiger partial charge in [-0.2, -0.15) is 0 Å². The molecular weight excluding hydrogens is 166 g/mol. The number of benzene rings is 1. The van der Waals surface area contributed by atoms with E-state index in [2.05, 4.69) is 30.5 Å². The lowest BCUT2D eigenvalue weighted by Gasteiger charge is -2.08. The first kappa shape index (κ1) is 8.14. The maximum absolute atomic E-state index is 6.05. The second-order valence-corrected chi connectivity index (χ2v) is 4.26. The molecule has 0 aliphatic heterocycles. The van der Waals surface area contributed by atoms with E-state index in [1.807, 2.05) is 0 Å². The summed E-state index contributed by atoms with van der Waals surface area (Å²) in [4.78, 5) is 1.31. The van der Waals surface area contributed by atoms with Crippen LogP contribution in [-0.4, -0.2) is 6.26 Å². The first-order chi connectivity index (χ1) is 5.74. The van der Waals surface area contributed by atoms with E-state index < -0.39 is 0 Å². The monoisotopic (exact) mass is 179 g/mol. The number of rotatable bonds is 2. The first-order valence-corrected chi connectivity index (χ1v) is 5.40. The van der Waals surface area contributed by atoms with E-state index in [-0.39, 0.29) is 5.54 Å². The Morgan fingerprint density at radius 1 is 1.25 bits per heavy atom. The highest BCUT2D eigenvalue weighted by Crippen LogP contribution is 2.42. The number of nitrogens with two attached hydrogens (primary N) is 1. The number of hydrogen-bond donors (Lipinski definition) is 1. The van der Waals surface area contributed by atoms with Crippen LogP contribution in [0.5, 0.6) is 0 Å². The lowest BCUT2D eigenvalue weighted by atomic mass is 10.1. The average Bonchev–Trinajstić information content (AvgIpc) is 2.85. The largest absolute Gasteiger partial charge is 0.321 e. The fourth-order valence-electron chi connectivity index (χ4n) is 1.35. The molecule has 0 atom stereocenters. The number of hydrogen-bond acceptors (Lipinski definition) is 2.